The van der Waals surface area contributed by atoms with Gasteiger partial charge in [0.25, 0.3) is 5.91 Å². The third-order valence-corrected chi connectivity index (χ3v) is 5.88. The molecule has 1 aliphatic carbocycles. The van der Waals surface area contributed by atoms with Crippen LogP contribution < -0.4 is 10.1 Å². The molecule has 0 aromatic carbocycles. The fraction of sp³-hybridized carbons (Fsp3) is 0.429. The van der Waals surface area contributed by atoms with Gasteiger partial charge in [-0.25, -0.2) is 19.3 Å². The molecule has 0 radical (unpaired) electrons. The van der Waals surface area contributed by atoms with E-state index in [9.17, 15) is 9.18 Å². The van der Waals surface area contributed by atoms with Crippen molar-refractivity contribution in [2.75, 3.05) is 18.7 Å². The van der Waals surface area contributed by atoms with Gasteiger partial charge in [0.1, 0.15) is 17.9 Å². The molecule has 3 aromatic rings. The molecule has 30 heavy (non-hydrogen) atoms. The average Bonchev–Trinajstić information content (AvgIpc) is 3.35. The van der Waals surface area contributed by atoms with Gasteiger partial charge in [0, 0.05) is 30.4 Å². The van der Waals surface area contributed by atoms with Gasteiger partial charge in [0.05, 0.1) is 10.9 Å². The Hall–Kier alpha value is -3.23. The van der Waals surface area contributed by atoms with Gasteiger partial charge < -0.3 is 19.4 Å². The van der Waals surface area contributed by atoms with Gasteiger partial charge in [0.2, 0.25) is 18.5 Å². The summed E-state index contributed by atoms with van der Waals surface area (Å²) in [4.78, 5) is 28.0. The highest BCUT2D eigenvalue weighted by Gasteiger charge is 2.39. The smallest absolute Gasteiger partial charge is 0.258 e. The van der Waals surface area contributed by atoms with Gasteiger partial charge in [0.15, 0.2) is 0 Å². The van der Waals surface area contributed by atoms with Crippen LogP contribution >= 0.6 is 0 Å². The van der Waals surface area contributed by atoms with Crippen molar-refractivity contribution < 1.29 is 18.3 Å². The van der Waals surface area contributed by atoms with Crippen molar-refractivity contribution in [1.82, 2.24) is 19.9 Å². The number of carbonyl (C=O) groups is 1. The number of halogens is 1. The molecule has 9 heteroatoms. The Kier molecular flexibility index (Phi) is 4.34. The first-order valence-corrected chi connectivity index (χ1v) is 9.96. The normalized spacial score (nSPS) is 17.0. The molecule has 8 nitrogen and oxygen atoms in total. The summed E-state index contributed by atoms with van der Waals surface area (Å²) in [5.74, 6) is 1.30. The topological polar surface area (TPSA) is 93.4 Å². The molecule has 3 aromatic heterocycles. The van der Waals surface area contributed by atoms with E-state index in [0.29, 0.717) is 53.6 Å². The molecule has 5 rings (SSSR count). The van der Waals surface area contributed by atoms with Gasteiger partial charge in [-0.1, -0.05) is 0 Å². The van der Waals surface area contributed by atoms with E-state index in [0.717, 1.165) is 24.0 Å². The molecule has 1 N–H and O–H groups in total. The number of furan rings is 1. The number of hydrogen-bond acceptors (Lipinski definition) is 7. The molecule has 0 saturated heterocycles. The van der Waals surface area contributed by atoms with E-state index >= 15 is 0 Å². The molecule has 0 atom stereocenters. The molecule has 0 unspecified atom stereocenters. The van der Waals surface area contributed by atoms with Crippen LogP contribution in [0.2, 0.25) is 0 Å². The van der Waals surface area contributed by atoms with E-state index in [2.05, 4.69) is 27.2 Å². The van der Waals surface area contributed by atoms with Gasteiger partial charge in [-0.15, -0.1) is 0 Å². The molecule has 2 aliphatic rings. The lowest BCUT2D eigenvalue weighted by molar-refractivity contribution is 0.0732. The molecular formula is C21H22FN5O3. The van der Waals surface area contributed by atoms with E-state index in [1.54, 1.807) is 18.0 Å². The van der Waals surface area contributed by atoms with Gasteiger partial charge in [-0.3, -0.25) is 4.79 Å². The first-order valence-electron chi connectivity index (χ1n) is 9.96. The highest BCUT2D eigenvalue weighted by molar-refractivity contribution is 6.10. The Bertz CT molecular complexity index is 1140. The van der Waals surface area contributed by atoms with Crippen molar-refractivity contribution in [2.24, 2.45) is 0 Å². The number of aryl methyl sites for hydroxylation is 1. The molecular weight excluding hydrogens is 389 g/mol. The van der Waals surface area contributed by atoms with Crippen LogP contribution in [-0.4, -0.2) is 44.7 Å². The van der Waals surface area contributed by atoms with Crippen molar-refractivity contribution in [3.05, 3.63) is 41.0 Å². The van der Waals surface area contributed by atoms with Crippen molar-refractivity contribution >= 4 is 22.8 Å². The molecule has 1 fully saturated rings. The maximum absolute atomic E-state index is 13.5. The number of carbonyl (C=O) groups excluding carboxylic acids is 1. The molecule has 0 spiro atoms. The fourth-order valence-electron chi connectivity index (χ4n) is 3.96. The second kappa shape index (κ2) is 6.93. The number of hydrogen-bond donors (Lipinski definition) is 1. The van der Waals surface area contributed by atoms with E-state index in [1.165, 1.54) is 6.33 Å². The molecule has 0 bridgehead atoms. The standard InChI is InChI=1S/C21H22FN5O3/c1-12-15(16-17(26-21(2)5-6-21)24-11-25-19(16)30-12)20(28)27-8-4-14-13(9-27)3-7-23-18(14)29-10-22/h3,7,11H,4-6,8-10H2,1-2H3,(H,24,25,26). The van der Waals surface area contributed by atoms with Crippen LogP contribution in [0.5, 0.6) is 5.88 Å². The SMILES string of the molecule is Cc1oc2ncnc(NC3(C)CC3)c2c1C(=O)N1CCc2c(ccnc2OCF)C1. The van der Waals surface area contributed by atoms with Crippen molar-refractivity contribution in [2.45, 2.75) is 45.2 Å². The first-order chi connectivity index (χ1) is 14.5. The molecule has 1 aliphatic heterocycles. The lowest BCUT2D eigenvalue weighted by atomic mass is 10.0. The summed E-state index contributed by atoms with van der Waals surface area (Å²) in [5, 5.41) is 4.06. The summed E-state index contributed by atoms with van der Waals surface area (Å²) in [5.41, 5.74) is 2.63. The summed E-state index contributed by atoms with van der Waals surface area (Å²) in [6.07, 6.45) is 5.67. The minimum absolute atomic E-state index is 0.00331. The minimum atomic E-state index is -0.930. The summed E-state index contributed by atoms with van der Waals surface area (Å²) < 4.78 is 23.4. The number of aromatic nitrogens is 3. The van der Waals surface area contributed by atoms with E-state index in [-0.39, 0.29) is 11.4 Å². The lowest BCUT2D eigenvalue weighted by Gasteiger charge is -2.29. The summed E-state index contributed by atoms with van der Waals surface area (Å²) in [6.45, 7) is 3.83. The van der Waals surface area contributed by atoms with Crippen LogP contribution in [-0.2, 0) is 13.0 Å². The predicted molar refractivity (Wildman–Crippen MR) is 107 cm³/mol. The molecule has 1 amide bonds. The monoisotopic (exact) mass is 411 g/mol. The lowest BCUT2D eigenvalue weighted by Crippen LogP contribution is -2.36. The number of alkyl halides is 1. The summed E-state index contributed by atoms with van der Waals surface area (Å²) in [6, 6.07) is 1.84. The fourth-order valence-corrected chi connectivity index (χ4v) is 3.96. The maximum atomic E-state index is 13.5. The van der Waals surface area contributed by atoms with Gasteiger partial charge >= 0.3 is 0 Å². The zero-order valence-corrected chi connectivity index (χ0v) is 16.9. The minimum Gasteiger partial charge on any atom is -0.446 e. The second-order valence-electron chi connectivity index (χ2n) is 8.11. The Morgan fingerprint density at radius 1 is 1.37 bits per heavy atom. The Balaban J connectivity index is 1.50. The van der Waals surface area contributed by atoms with Gasteiger partial charge in [-0.2, -0.15) is 0 Å². The number of rotatable bonds is 5. The number of pyridine rings is 1. The molecule has 156 valence electrons. The van der Waals surface area contributed by atoms with E-state index < -0.39 is 6.86 Å². The highest BCUT2D eigenvalue weighted by Crippen LogP contribution is 2.40. The van der Waals surface area contributed by atoms with Crippen LogP contribution in [0, 0.1) is 6.92 Å². The molecule has 1 saturated carbocycles. The quantitative estimate of drug-likeness (QED) is 0.688. The number of fused-ring (bicyclic) bond motifs is 2. The van der Waals surface area contributed by atoms with Crippen LogP contribution in [0.15, 0.2) is 23.0 Å². The zero-order chi connectivity index (χ0) is 20.9. The number of nitrogens with zero attached hydrogens (tertiary/aromatic N) is 4. The van der Waals surface area contributed by atoms with Crippen LogP contribution in [0.1, 0.15) is 47.0 Å². The Morgan fingerprint density at radius 3 is 2.97 bits per heavy atom. The van der Waals surface area contributed by atoms with E-state index in [4.69, 9.17) is 9.15 Å². The van der Waals surface area contributed by atoms with Gasteiger partial charge in [-0.05, 0) is 44.7 Å². The maximum Gasteiger partial charge on any atom is 0.258 e. The number of anilines is 1. The third kappa shape index (κ3) is 3.14. The third-order valence-electron chi connectivity index (χ3n) is 5.88. The van der Waals surface area contributed by atoms with Crippen LogP contribution in [0.4, 0.5) is 10.2 Å². The molecule has 4 heterocycles. The van der Waals surface area contributed by atoms with Crippen molar-refractivity contribution in [3.63, 3.8) is 0 Å². The van der Waals surface area contributed by atoms with Crippen molar-refractivity contribution in [3.8, 4) is 5.88 Å². The highest BCUT2D eigenvalue weighted by atomic mass is 19.1. The predicted octanol–water partition coefficient (Wildman–Crippen LogP) is 3.39. The number of nitrogens with one attached hydrogen (secondary N) is 1. The summed E-state index contributed by atoms with van der Waals surface area (Å²) in [7, 11) is 0. The Labute approximate surface area is 172 Å². The van der Waals surface area contributed by atoms with Crippen LogP contribution in [0.25, 0.3) is 11.1 Å². The number of amides is 1. The van der Waals surface area contributed by atoms with Crippen molar-refractivity contribution in [1.29, 1.82) is 0 Å². The van der Waals surface area contributed by atoms with Crippen LogP contribution in [0.3, 0.4) is 0 Å². The summed E-state index contributed by atoms with van der Waals surface area (Å²) >= 11 is 0. The zero-order valence-electron chi connectivity index (χ0n) is 16.9. The first kappa shape index (κ1) is 18.8. The average molecular weight is 411 g/mol. The second-order valence-corrected chi connectivity index (χ2v) is 8.11. The largest absolute Gasteiger partial charge is 0.446 e. The van der Waals surface area contributed by atoms with E-state index in [1.807, 2.05) is 6.07 Å². The Morgan fingerprint density at radius 2 is 2.20 bits per heavy atom. The number of ether oxygens (including phenoxy) is 1.